The molecule has 0 N–H and O–H groups in total. The molecule has 0 aromatic heterocycles. The molecule has 0 bridgehead atoms. The highest BCUT2D eigenvalue weighted by molar-refractivity contribution is 6.54. The van der Waals surface area contributed by atoms with Crippen LogP contribution in [0, 0.1) is 11.8 Å². The van der Waals surface area contributed by atoms with Gasteiger partial charge >= 0.3 is 7.12 Å². The highest BCUT2D eigenvalue weighted by Crippen LogP contribution is 2.43. The molecule has 3 aliphatic rings. The van der Waals surface area contributed by atoms with Crippen LogP contribution in [0.15, 0.2) is 23.2 Å². The Morgan fingerprint density at radius 3 is 2.00 bits per heavy atom. The lowest BCUT2D eigenvalue weighted by molar-refractivity contribution is 0.00578. The maximum atomic E-state index is 6.21. The first-order valence-electron chi connectivity index (χ1n) is 9.51. The molecule has 0 aromatic rings. The molecule has 128 valence electrons. The molecule has 1 saturated carbocycles. The van der Waals surface area contributed by atoms with Crippen LogP contribution in [-0.2, 0) is 9.31 Å². The highest BCUT2D eigenvalue weighted by Gasteiger charge is 2.52. The minimum absolute atomic E-state index is 0.123. The molecule has 1 unspecified atom stereocenters. The Morgan fingerprint density at radius 2 is 1.52 bits per heavy atom. The summed E-state index contributed by atoms with van der Waals surface area (Å²) in [6.07, 6.45) is 13.9. The summed E-state index contributed by atoms with van der Waals surface area (Å²) in [5.41, 5.74) is 2.61. The van der Waals surface area contributed by atoms with E-state index in [4.69, 9.17) is 9.31 Å². The third-order valence-corrected chi connectivity index (χ3v) is 6.79. The van der Waals surface area contributed by atoms with Crippen LogP contribution < -0.4 is 0 Å². The molecule has 23 heavy (non-hydrogen) atoms. The predicted octanol–water partition coefficient (Wildman–Crippen LogP) is 5.48. The van der Waals surface area contributed by atoms with Crippen LogP contribution in [0.4, 0.5) is 0 Å². The molecule has 2 aliphatic carbocycles. The summed E-state index contributed by atoms with van der Waals surface area (Å²) in [5.74, 6) is 1.80. The Balaban J connectivity index is 1.57. The van der Waals surface area contributed by atoms with E-state index in [-0.39, 0.29) is 18.3 Å². The first kappa shape index (κ1) is 17.3. The van der Waals surface area contributed by atoms with Crippen LogP contribution in [0.2, 0.25) is 0 Å². The van der Waals surface area contributed by atoms with Crippen molar-refractivity contribution < 1.29 is 9.31 Å². The van der Waals surface area contributed by atoms with E-state index in [1.54, 1.807) is 5.57 Å². The third-order valence-electron chi connectivity index (χ3n) is 6.79. The van der Waals surface area contributed by atoms with Crippen molar-refractivity contribution in [2.45, 2.75) is 90.8 Å². The Bertz CT molecular complexity index is 478. The van der Waals surface area contributed by atoms with E-state index in [0.29, 0.717) is 0 Å². The lowest BCUT2D eigenvalue weighted by Crippen LogP contribution is -2.41. The van der Waals surface area contributed by atoms with Crippen molar-refractivity contribution in [1.29, 1.82) is 0 Å². The maximum Gasteiger partial charge on any atom is 0.490 e. The van der Waals surface area contributed by atoms with Gasteiger partial charge in [-0.2, -0.15) is 0 Å². The van der Waals surface area contributed by atoms with Gasteiger partial charge in [0.05, 0.1) is 11.2 Å². The number of rotatable bonds is 2. The van der Waals surface area contributed by atoms with Gasteiger partial charge in [-0.25, -0.2) is 0 Å². The number of hydrogen-bond acceptors (Lipinski definition) is 2. The molecule has 0 amide bonds. The van der Waals surface area contributed by atoms with Gasteiger partial charge < -0.3 is 9.31 Å². The SMILES string of the molecule is CC=C1CCC(C2CC=C(B3OC(C)(C)C(C)(C)O3)CC2)CC1. The van der Waals surface area contributed by atoms with Gasteiger partial charge in [-0.3, -0.25) is 0 Å². The maximum absolute atomic E-state index is 6.21. The molecule has 1 saturated heterocycles. The Kier molecular flexibility index (Phi) is 4.82. The second kappa shape index (κ2) is 6.40. The van der Waals surface area contributed by atoms with E-state index in [9.17, 15) is 0 Å². The van der Waals surface area contributed by atoms with E-state index in [1.165, 1.54) is 44.0 Å². The van der Waals surface area contributed by atoms with E-state index in [2.05, 4.69) is 46.8 Å². The minimum atomic E-state index is -0.221. The van der Waals surface area contributed by atoms with Gasteiger partial charge in [0.1, 0.15) is 0 Å². The van der Waals surface area contributed by atoms with Crippen LogP contribution in [-0.4, -0.2) is 18.3 Å². The monoisotopic (exact) mass is 316 g/mol. The van der Waals surface area contributed by atoms with E-state index in [1.807, 2.05) is 0 Å². The molecule has 2 fully saturated rings. The molecule has 2 nitrogen and oxygen atoms in total. The minimum Gasteiger partial charge on any atom is -0.400 e. The predicted molar refractivity (Wildman–Crippen MR) is 97.2 cm³/mol. The average molecular weight is 316 g/mol. The molecular weight excluding hydrogens is 283 g/mol. The standard InChI is InChI=1S/C20H33BO2/c1-6-15-7-9-16(10-8-15)17-11-13-18(14-12-17)21-22-19(2,3)20(4,5)23-21/h6,13,16-17H,7-12,14H2,1-5H3. The first-order chi connectivity index (χ1) is 10.8. The lowest BCUT2D eigenvalue weighted by atomic mass is 9.66. The van der Waals surface area contributed by atoms with Crippen LogP contribution in [0.1, 0.15) is 79.6 Å². The molecule has 3 heteroatoms. The fraction of sp³-hybridized carbons (Fsp3) is 0.800. The molecule has 0 spiro atoms. The summed E-state index contributed by atoms with van der Waals surface area (Å²) in [6, 6.07) is 0. The molecular formula is C20H33BO2. The first-order valence-corrected chi connectivity index (χ1v) is 9.51. The Hall–Kier alpha value is -0.535. The van der Waals surface area contributed by atoms with Crippen molar-refractivity contribution in [3.05, 3.63) is 23.2 Å². The molecule has 1 atom stereocenters. The van der Waals surface area contributed by atoms with Crippen molar-refractivity contribution in [2.75, 3.05) is 0 Å². The van der Waals surface area contributed by atoms with Crippen LogP contribution in [0.3, 0.4) is 0 Å². The summed E-state index contributed by atoms with van der Waals surface area (Å²) in [7, 11) is -0.123. The second-order valence-corrected chi connectivity index (χ2v) is 8.69. The zero-order valence-electron chi connectivity index (χ0n) is 15.7. The zero-order chi connectivity index (χ0) is 16.7. The molecule has 0 aromatic carbocycles. The van der Waals surface area contributed by atoms with Crippen molar-refractivity contribution >= 4 is 7.12 Å². The van der Waals surface area contributed by atoms with E-state index >= 15 is 0 Å². The van der Waals surface area contributed by atoms with Crippen molar-refractivity contribution in [1.82, 2.24) is 0 Å². The third kappa shape index (κ3) is 3.46. The van der Waals surface area contributed by atoms with Crippen molar-refractivity contribution in [3.63, 3.8) is 0 Å². The largest absolute Gasteiger partial charge is 0.490 e. The van der Waals surface area contributed by atoms with Gasteiger partial charge in [0.2, 0.25) is 0 Å². The van der Waals surface area contributed by atoms with Crippen molar-refractivity contribution in [2.24, 2.45) is 11.8 Å². The molecule has 0 radical (unpaired) electrons. The molecule has 1 aliphatic heterocycles. The van der Waals surface area contributed by atoms with Gasteiger partial charge in [-0.15, -0.1) is 0 Å². The van der Waals surface area contributed by atoms with Crippen LogP contribution in [0.25, 0.3) is 0 Å². The van der Waals surface area contributed by atoms with Gasteiger partial charge in [-0.1, -0.05) is 17.7 Å². The molecule has 1 heterocycles. The van der Waals surface area contributed by atoms with Gasteiger partial charge in [0.25, 0.3) is 0 Å². The molecule has 3 rings (SSSR count). The van der Waals surface area contributed by atoms with Gasteiger partial charge in [0.15, 0.2) is 0 Å². The van der Waals surface area contributed by atoms with E-state index in [0.717, 1.165) is 18.3 Å². The average Bonchev–Trinajstić information content (AvgIpc) is 2.76. The topological polar surface area (TPSA) is 18.5 Å². The summed E-state index contributed by atoms with van der Waals surface area (Å²) in [6.45, 7) is 10.7. The lowest BCUT2D eigenvalue weighted by Gasteiger charge is -2.33. The summed E-state index contributed by atoms with van der Waals surface area (Å²) in [5, 5.41) is 0. The van der Waals surface area contributed by atoms with Gasteiger partial charge in [0, 0.05) is 0 Å². The zero-order valence-corrected chi connectivity index (χ0v) is 15.7. The van der Waals surface area contributed by atoms with Crippen molar-refractivity contribution in [3.8, 4) is 0 Å². The van der Waals surface area contributed by atoms with E-state index < -0.39 is 0 Å². The quantitative estimate of drug-likeness (QED) is 0.496. The fourth-order valence-electron chi connectivity index (χ4n) is 4.28. The number of hydrogen-bond donors (Lipinski definition) is 0. The normalized spacial score (nSPS) is 33.5. The smallest absolute Gasteiger partial charge is 0.400 e. The summed E-state index contributed by atoms with van der Waals surface area (Å²) >= 11 is 0. The highest BCUT2D eigenvalue weighted by atomic mass is 16.7. The Morgan fingerprint density at radius 1 is 0.957 bits per heavy atom. The van der Waals surface area contributed by atoms with Gasteiger partial charge in [-0.05, 0) is 96.9 Å². The van der Waals surface area contributed by atoms with Crippen LogP contribution >= 0.6 is 0 Å². The Labute approximate surface area is 142 Å². The summed E-state index contributed by atoms with van der Waals surface area (Å²) in [4.78, 5) is 0. The second-order valence-electron chi connectivity index (χ2n) is 8.69. The van der Waals surface area contributed by atoms with Crippen LogP contribution in [0.5, 0.6) is 0 Å². The summed E-state index contributed by atoms with van der Waals surface area (Å²) < 4.78 is 12.4. The fourth-order valence-corrected chi connectivity index (χ4v) is 4.28. The number of allylic oxidation sites excluding steroid dienone is 4.